The predicted molar refractivity (Wildman–Crippen MR) is 66.2 cm³/mol. The Morgan fingerprint density at radius 1 is 1.62 bits per heavy atom. The van der Waals surface area contributed by atoms with E-state index in [0.717, 1.165) is 12.8 Å². The van der Waals surface area contributed by atoms with Crippen LogP contribution in [0.4, 0.5) is 0 Å². The first-order valence-corrected chi connectivity index (χ1v) is 6.21. The number of nitrogens with two attached hydrogens (primary N) is 1. The minimum absolute atomic E-state index is 0.287. The Hall–Kier alpha value is -0.830. The van der Waals surface area contributed by atoms with Crippen LogP contribution >= 0.6 is 0 Å². The van der Waals surface area contributed by atoms with Gasteiger partial charge in [0.05, 0.1) is 5.69 Å². The number of aryl methyl sites for hydroxylation is 2. The highest BCUT2D eigenvalue weighted by Crippen LogP contribution is 2.53. The van der Waals surface area contributed by atoms with Crippen LogP contribution in [0.5, 0.6) is 0 Å². The first-order valence-electron chi connectivity index (χ1n) is 6.21. The molecule has 2 atom stereocenters. The molecule has 2 N–H and O–H groups in total. The van der Waals surface area contributed by atoms with Gasteiger partial charge in [0.1, 0.15) is 0 Å². The Morgan fingerprint density at radius 3 is 2.69 bits per heavy atom. The molecule has 1 aliphatic carbocycles. The van der Waals surface area contributed by atoms with Crippen molar-refractivity contribution in [2.45, 2.75) is 46.1 Å². The van der Waals surface area contributed by atoms with Crippen molar-refractivity contribution < 1.29 is 0 Å². The van der Waals surface area contributed by atoms with Crippen LogP contribution in [-0.4, -0.2) is 15.8 Å². The summed E-state index contributed by atoms with van der Waals surface area (Å²) in [4.78, 5) is 0. The van der Waals surface area contributed by atoms with Crippen LogP contribution in [0, 0.1) is 11.3 Å². The van der Waals surface area contributed by atoms with Crippen LogP contribution < -0.4 is 5.73 Å². The summed E-state index contributed by atoms with van der Waals surface area (Å²) >= 11 is 0. The Bertz CT molecular complexity index is 379. The third-order valence-corrected chi connectivity index (χ3v) is 3.94. The smallest absolute Gasteiger partial charge is 0.0624 e. The van der Waals surface area contributed by atoms with E-state index in [1.54, 1.807) is 0 Å². The Morgan fingerprint density at radius 2 is 2.25 bits per heavy atom. The molecular weight excluding hydrogens is 198 g/mol. The number of rotatable bonds is 4. The molecule has 1 saturated carbocycles. The minimum atomic E-state index is 0.287. The minimum Gasteiger partial charge on any atom is -0.327 e. The van der Waals surface area contributed by atoms with Crippen molar-refractivity contribution in [3.8, 4) is 0 Å². The maximum Gasteiger partial charge on any atom is 0.0624 e. The van der Waals surface area contributed by atoms with Crippen LogP contribution in [0.1, 0.15) is 38.6 Å². The van der Waals surface area contributed by atoms with Gasteiger partial charge in [-0.15, -0.1) is 0 Å². The van der Waals surface area contributed by atoms with Gasteiger partial charge in [0.2, 0.25) is 0 Å². The third kappa shape index (κ3) is 2.14. The maximum atomic E-state index is 6.27. The molecule has 16 heavy (non-hydrogen) atoms. The monoisotopic (exact) mass is 221 g/mol. The average molecular weight is 221 g/mol. The van der Waals surface area contributed by atoms with E-state index in [-0.39, 0.29) is 6.04 Å². The van der Waals surface area contributed by atoms with Crippen molar-refractivity contribution >= 4 is 0 Å². The van der Waals surface area contributed by atoms with E-state index in [0.29, 0.717) is 11.3 Å². The lowest BCUT2D eigenvalue weighted by Gasteiger charge is -2.13. The van der Waals surface area contributed by atoms with E-state index < -0.39 is 0 Å². The molecule has 1 aliphatic rings. The van der Waals surface area contributed by atoms with Crippen LogP contribution in [-0.2, 0) is 19.9 Å². The highest BCUT2D eigenvalue weighted by molar-refractivity contribution is 5.13. The Labute approximate surface area is 98.0 Å². The van der Waals surface area contributed by atoms with E-state index >= 15 is 0 Å². The van der Waals surface area contributed by atoms with E-state index in [2.05, 4.69) is 31.9 Å². The Balaban J connectivity index is 2.01. The number of hydrogen-bond donors (Lipinski definition) is 1. The summed E-state index contributed by atoms with van der Waals surface area (Å²) in [6, 6.07) is 2.48. The maximum absolute atomic E-state index is 6.27. The van der Waals surface area contributed by atoms with Crippen molar-refractivity contribution in [3.05, 3.63) is 17.5 Å². The van der Waals surface area contributed by atoms with Crippen LogP contribution in [0.3, 0.4) is 0 Å². The van der Waals surface area contributed by atoms with Crippen LogP contribution in [0.15, 0.2) is 6.07 Å². The summed E-state index contributed by atoms with van der Waals surface area (Å²) in [5.74, 6) is 0.687. The number of aromatic nitrogens is 2. The van der Waals surface area contributed by atoms with Crippen LogP contribution in [0.2, 0.25) is 0 Å². The molecule has 0 aromatic carbocycles. The van der Waals surface area contributed by atoms with Gasteiger partial charge in [-0.3, -0.25) is 4.68 Å². The summed E-state index contributed by atoms with van der Waals surface area (Å²) in [7, 11) is 2.01. The van der Waals surface area contributed by atoms with Gasteiger partial charge in [-0.2, -0.15) is 5.10 Å². The molecule has 90 valence electrons. The molecule has 0 aliphatic heterocycles. The molecule has 0 saturated heterocycles. The molecule has 2 unspecified atom stereocenters. The second kappa shape index (κ2) is 3.88. The summed E-state index contributed by atoms with van der Waals surface area (Å²) in [5.41, 5.74) is 9.17. The van der Waals surface area contributed by atoms with E-state index in [9.17, 15) is 0 Å². The molecule has 0 amide bonds. The lowest BCUT2D eigenvalue weighted by Crippen LogP contribution is -2.28. The highest BCUT2D eigenvalue weighted by Gasteiger charge is 2.48. The SMILES string of the molecule is CCc1cc(CC(N)C2CC2(C)C)n(C)n1. The van der Waals surface area contributed by atoms with Gasteiger partial charge in [0.15, 0.2) is 0 Å². The van der Waals surface area contributed by atoms with E-state index in [1.807, 2.05) is 11.7 Å². The lowest BCUT2D eigenvalue weighted by atomic mass is 10.0. The topological polar surface area (TPSA) is 43.8 Å². The molecule has 0 bridgehead atoms. The van der Waals surface area contributed by atoms with Crippen molar-refractivity contribution in [2.24, 2.45) is 24.1 Å². The third-order valence-electron chi connectivity index (χ3n) is 3.94. The van der Waals surface area contributed by atoms with E-state index in [1.165, 1.54) is 17.8 Å². The fraction of sp³-hybridized carbons (Fsp3) is 0.769. The van der Waals surface area contributed by atoms with Crippen molar-refractivity contribution in [2.75, 3.05) is 0 Å². The molecule has 0 spiro atoms. The molecule has 1 fully saturated rings. The number of nitrogens with zero attached hydrogens (tertiary/aromatic N) is 2. The zero-order chi connectivity index (χ0) is 11.9. The van der Waals surface area contributed by atoms with E-state index in [4.69, 9.17) is 5.73 Å². The molecule has 3 nitrogen and oxygen atoms in total. The summed E-state index contributed by atoms with van der Waals surface area (Å²) in [5, 5.41) is 4.46. The lowest BCUT2D eigenvalue weighted by molar-refractivity contribution is 0.467. The van der Waals surface area contributed by atoms with Gasteiger partial charge >= 0.3 is 0 Å². The summed E-state index contributed by atoms with van der Waals surface area (Å²) in [6.45, 7) is 6.74. The molecule has 3 heteroatoms. The average Bonchev–Trinajstić information content (AvgIpc) is 2.70. The number of hydrogen-bond acceptors (Lipinski definition) is 2. The molecule has 0 radical (unpaired) electrons. The summed E-state index contributed by atoms with van der Waals surface area (Å²) < 4.78 is 1.98. The second-order valence-electron chi connectivity index (χ2n) is 5.77. The molecular formula is C13H23N3. The molecule has 1 heterocycles. The highest BCUT2D eigenvalue weighted by atomic mass is 15.3. The largest absolute Gasteiger partial charge is 0.327 e. The zero-order valence-electron chi connectivity index (χ0n) is 10.8. The van der Waals surface area contributed by atoms with Gasteiger partial charge in [0.25, 0.3) is 0 Å². The van der Waals surface area contributed by atoms with Gasteiger partial charge in [0, 0.05) is 25.2 Å². The first-order chi connectivity index (χ1) is 7.44. The summed E-state index contributed by atoms with van der Waals surface area (Å²) in [6.07, 6.45) is 3.22. The van der Waals surface area contributed by atoms with Gasteiger partial charge < -0.3 is 5.73 Å². The predicted octanol–water partition coefficient (Wildman–Crippen LogP) is 1.90. The van der Waals surface area contributed by atoms with Crippen molar-refractivity contribution in [3.63, 3.8) is 0 Å². The normalized spacial score (nSPS) is 24.4. The molecule has 1 aromatic heterocycles. The zero-order valence-corrected chi connectivity index (χ0v) is 10.8. The molecule has 2 rings (SSSR count). The van der Waals surface area contributed by atoms with Crippen molar-refractivity contribution in [1.82, 2.24) is 9.78 Å². The van der Waals surface area contributed by atoms with Gasteiger partial charge in [-0.25, -0.2) is 0 Å². The fourth-order valence-electron chi connectivity index (χ4n) is 2.56. The van der Waals surface area contributed by atoms with Gasteiger partial charge in [-0.1, -0.05) is 20.8 Å². The van der Waals surface area contributed by atoms with Crippen molar-refractivity contribution in [1.29, 1.82) is 0 Å². The quantitative estimate of drug-likeness (QED) is 0.844. The standard InChI is InChI=1S/C13H23N3/c1-5-9-6-10(16(4)15-9)7-12(14)11-8-13(11,2)3/h6,11-12H,5,7-8,14H2,1-4H3. The Kier molecular flexibility index (Phi) is 2.82. The molecule has 1 aromatic rings. The first kappa shape index (κ1) is 11.6. The van der Waals surface area contributed by atoms with Crippen LogP contribution in [0.25, 0.3) is 0 Å². The fourth-order valence-corrected chi connectivity index (χ4v) is 2.56. The second-order valence-corrected chi connectivity index (χ2v) is 5.77. The van der Waals surface area contributed by atoms with Gasteiger partial charge in [-0.05, 0) is 30.2 Å².